The maximum absolute atomic E-state index is 6.22. The lowest BCUT2D eigenvalue weighted by Gasteiger charge is -2.40. The largest absolute Gasteiger partial charge is 0.424 e. The Bertz CT molecular complexity index is 391. The van der Waals surface area contributed by atoms with E-state index in [0.717, 1.165) is 11.3 Å². The van der Waals surface area contributed by atoms with Crippen molar-refractivity contribution in [3.63, 3.8) is 0 Å². The first-order valence-corrected chi connectivity index (χ1v) is 6.23. The molecule has 1 heterocycles. The average molecular weight is 236 g/mol. The van der Waals surface area contributed by atoms with E-state index in [2.05, 4.69) is 52.6 Å². The van der Waals surface area contributed by atoms with Gasteiger partial charge in [0, 0.05) is 12.6 Å². The van der Waals surface area contributed by atoms with Crippen molar-refractivity contribution < 1.29 is 4.65 Å². The summed E-state index contributed by atoms with van der Waals surface area (Å²) in [5, 5.41) is 4.36. The highest BCUT2D eigenvalue weighted by molar-refractivity contribution is 6.65. The number of aromatic nitrogens is 2. The van der Waals surface area contributed by atoms with Crippen LogP contribution in [0.2, 0.25) is 6.82 Å². The number of rotatable bonds is 3. The third-order valence-electron chi connectivity index (χ3n) is 3.73. The Labute approximate surface area is 106 Å². The molecule has 0 amide bonds. The summed E-state index contributed by atoms with van der Waals surface area (Å²) >= 11 is 0. The van der Waals surface area contributed by atoms with Gasteiger partial charge in [-0.05, 0) is 32.3 Å². The van der Waals surface area contributed by atoms with Crippen molar-refractivity contribution >= 4 is 12.5 Å². The number of aryl methyl sites for hydroxylation is 2. The van der Waals surface area contributed by atoms with Gasteiger partial charge in [0.15, 0.2) is 0 Å². The molecule has 0 aromatic carbocycles. The van der Waals surface area contributed by atoms with Crippen molar-refractivity contribution in [2.24, 2.45) is 12.5 Å². The Hall–Kier alpha value is -0.765. The molecule has 96 valence electrons. The fourth-order valence-electron chi connectivity index (χ4n) is 1.69. The van der Waals surface area contributed by atoms with Gasteiger partial charge in [0.2, 0.25) is 0 Å². The van der Waals surface area contributed by atoms with Gasteiger partial charge in [-0.3, -0.25) is 4.68 Å². The smallest absolute Gasteiger partial charge is 0.343 e. The molecule has 0 aliphatic carbocycles. The van der Waals surface area contributed by atoms with Crippen LogP contribution in [0.25, 0.3) is 0 Å². The Morgan fingerprint density at radius 3 is 2.12 bits per heavy atom. The van der Waals surface area contributed by atoms with Crippen molar-refractivity contribution in [2.45, 2.75) is 54.0 Å². The van der Waals surface area contributed by atoms with Crippen LogP contribution in [0.15, 0.2) is 6.07 Å². The van der Waals surface area contributed by atoms with Crippen LogP contribution in [-0.2, 0) is 11.7 Å². The van der Waals surface area contributed by atoms with Crippen LogP contribution in [0.5, 0.6) is 0 Å². The Morgan fingerprint density at radius 2 is 1.76 bits per heavy atom. The van der Waals surface area contributed by atoms with E-state index in [4.69, 9.17) is 4.65 Å². The number of hydrogen-bond donors (Lipinski definition) is 0. The van der Waals surface area contributed by atoms with Gasteiger partial charge in [-0.15, -0.1) is 0 Å². The van der Waals surface area contributed by atoms with E-state index in [1.807, 2.05) is 18.7 Å². The monoisotopic (exact) mass is 236 g/mol. The third kappa shape index (κ3) is 3.12. The van der Waals surface area contributed by atoms with Crippen molar-refractivity contribution in [1.29, 1.82) is 0 Å². The molecular formula is C13H25BN2O. The maximum atomic E-state index is 6.22. The van der Waals surface area contributed by atoms with Gasteiger partial charge in [0.25, 0.3) is 0 Å². The van der Waals surface area contributed by atoms with Crippen molar-refractivity contribution in [1.82, 2.24) is 9.78 Å². The predicted molar refractivity (Wildman–Crippen MR) is 73.8 cm³/mol. The molecule has 0 bridgehead atoms. The number of hydrogen-bond acceptors (Lipinski definition) is 2. The fraction of sp³-hybridized carbons (Fsp3) is 0.769. The van der Waals surface area contributed by atoms with Crippen molar-refractivity contribution in [3.8, 4) is 0 Å². The van der Waals surface area contributed by atoms with Crippen LogP contribution in [0, 0.1) is 12.3 Å². The van der Waals surface area contributed by atoms with E-state index in [0.29, 0.717) is 0 Å². The minimum atomic E-state index is -0.176. The van der Waals surface area contributed by atoms with E-state index in [-0.39, 0.29) is 17.9 Å². The Kier molecular flexibility index (Phi) is 3.77. The van der Waals surface area contributed by atoms with Gasteiger partial charge in [-0.1, -0.05) is 27.6 Å². The molecule has 0 N–H and O–H groups in total. The van der Waals surface area contributed by atoms with E-state index in [1.54, 1.807) is 0 Å². The zero-order chi connectivity index (χ0) is 13.4. The molecule has 0 aliphatic rings. The van der Waals surface area contributed by atoms with E-state index in [1.165, 1.54) is 0 Å². The van der Waals surface area contributed by atoms with Gasteiger partial charge in [0.05, 0.1) is 11.3 Å². The van der Waals surface area contributed by atoms with Gasteiger partial charge in [-0.2, -0.15) is 5.10 Å². The minimum Gasteiger partial charge on any atom is -0.424 e. The highest BCUT2D eigenvalue weighted by Gasteiger charge is 2.36. The summed E-state index contributed by atoms with van der Waals surface area (Å²) in [7, 11) is 1.96. The highest BCUT2D eigenvalue weighted by atomic mass is 16.5. The Morgan fingerprint density at radius 1 is 1.24 bits per heavy atom. The number of nitrogens with zero attached hydrogens (tertiary/aromatic N) is 2. The SMILES string of the molecule is CB(OC(C)(C)C(C)(C)C)c1cc(C)nn1C. The lowest BCUT2D eigenvalue weighted by molar-refractivity contribution is 0.000210. The summed E-state index contributed by atoms with van der Waals surface area (Å²) in [5.74, 6) is 0. The molecule has 0 saturated carbocycles. The molecule has 0 radical (unpaired) electrons. The quantitative estimate of drug-likeness (QED) is 0.753. The molecule has 1 rings (SSSR count). The Balaban J connectivity index is 2.86. The molecule has 0 atom stereocenters. The van der Waals surface area contributed by atoms with Crippen molar-refractivity contribution in [2.75, 3.05) is 0 Å². The first kappa shape index (κ1) is 14.3. The summed E-state index contributed by atoms with van der Waals surface area (Å²) in [5.41, 5.74) is 2.09. The molecule has 0 spiro atoms. The fourth-order valence-corrected chi connectivity index (χ4v) is 1.69. The lowest BCUT2D eigenvalue weighted by Crippen LogP contribution is -2.48. The first-order valence-electron chi connectivity index (χ1n) is 6.23. The molecule has 1 aromatic heterocycles. The van der Waals surface area contributed by atoms with Gasteiger partial charge >= 0.3 is 6.92 Å². The highest BCUT2D eigenvalue weighted by Crippen LogP contribution is 2.33. The molecule has 0 saturated heterocycles. The predicted octanol–water partition coefficient (Wildman–Crippen LogP) is 2.40. The second kappa shape index (κ2) is 4.49. The summed E-state index contributed by atoms with van der Waals surface area (Å²) in [6, 6.07) is 2.09. The maximum Gasteiger partial charge on any atom is 0.343 e. The first-order chi connectivity index (χ1) is 7.54. The third-order valence-corrected chi connectivity index (χ3v) is 3.73. The molecular weight excluding hydrogens is 211 g/mol. The topological polar surface area (TPSA) is 27.1 Å². The van der Waals surface area contributed by atoms with Crippen LogP contribution in [0.4, 0.5) is 0 Å². The molecule has 0 aliphatic heterocycles. The van der Waals surface area contributed by atoms with Crippen LogP contribution in [-0.4, -0.2) is 22.3 Å². The standard InChI is InChI=1S/C13H25BN2O/c1-10-9-11(16(8)15-10)14(7)17-13(5,6)12(2,3)4/h9H,1-8H3. The van der Waals surface area contributed by atoms with E-state index < -0.39 is 0 Å². The van der Waals surface area contributed by atoms with Gasteiger partial charge in [0.1, 0.15) is 0 Å². The molecule has 17 heavy (non-hydrogen) atoms. The van der Waals surface area contributed by atoms with Crippen LogP contribution >= 0.6 is 0 Å². The molecule has 0 unspecified atom stereocenters. The molecule has 4 heteroatoms. The van der Waals surface area contributed by atoms with Gasteiger partial charge < -0.3 is 4.65 Å². The van der Waals surface area contributed by atoms with E-state index >= 15 is 0 Å². The second-order valence-corrected chi connectivity index (χ2v) is 6.35. The van der Waals surface area contributed by atoms with Crippen LogP contribution < -0.4 is 5.59 Å². The minimum absolute atomic E-state index is 0.0513. The average Bonchev–Trinajstić information content (AvgIpc) is 2.42. The zero-order valence-electron chi connectivity index (χ0n) is 12.5. The summed E-state index contributed by atoms with van der Waals surface area (Å²) in [4.78, 5) is 0. The van der Waals surface area contributed by atoms with Crippen molar-refractivity contribution in [3.05, 3.63) is 11.8 Å². The molecule has 1 aromatic rings. The summed E-state index contributed by atoms with van der Waals surface area (Å²) in [6.45, 7) is 15.0. The summed E-state index contributed by atoms with van der Waals surface area (Å²) < 4.78 is 8.12. The molecule has 3 nitrogen and oxygen atoms in total. The summed E-state index contributed by atoms with van der Waals surface area (Å²) in [6.07, 6.45) is 0. The second-order valence-electron chi connectivity index (χ2n) is 6.35. The lowest BCUT2D eigenvalue weighted by atomic mass is 9.64. The van der Waals surface area contributed by atoms with Crippen LogP contribution in [0.1, 0.15) is 40.3 Å². The zero-order valence-corrected chi connectivity index (χ0v) is 12.5. The normalized spacial score (nSPS) is 12.9. The molecule has 0 fully saturated rings. The van der Waals surface area contributed by atoms with E-state index in [9.17, 15) is 0 Å². The van der Waals surface area contributed by atoms with Gasteiger partial charge in [-0.25, -0.2) is 0 Å². The van der Waals surface area contributed by atoms with Crippen LogP contribution in [0.3, 0.4) is 0 Å².